The zero-order valence-electron chi connectivity index (χ0n) is 8.97. The van der Waals surface area contributed by atoms with Crippen LogP contribution in [0.2, 0.25) is 0 Å². The molecule has 1 aromatic rings. The van der Waals surface area contributed by atoms with Gasteiger partial charge in [0.25, 0.3) is 5.69 Å². The lowest BCUT2D eigenvalue weighted by Gasteiger charge is -2.17. The van der Waals surface area contributed by atoms with Crippen molar-refractivity contribution >= 4 is 21.6 Å². The molecule has 7 heteroatoms. The molecule has 0 spiro atoms. The first kappa shape index (κ1) is 12.4. The van der Waals surface area contributed by atoms with Crippen LogP contribution >= 0.6 is 15.9 Å². The van der Waals surface area contributed by atoms with Gasteiger partial charge in [0.15, 0.2) is 0 Å². The molecule has 2 unspecified atom stereocenters. The van der Waals surface area contributed by atoms with Gasteiger partial charge in [-0.15, -0.1) is 0 Å². The van der Waals surface area contributed by atoms with Crippen LogP contribution in [-0.4, -0.2) is 27.6 Å². The molecule has 2 heterocycles. The summed E-state index contributed by atoms with van der Waals surface area (Å²) in [6.45, 7) is 0.825. The van der Waals surface area contributed by atoms with Gasteiger partial charge in [0, 0.05) is 22.8 Å². The van der Waals surface area contributed by atoms with Gasteiger partial charge in [0.05, 0.1) is 4.92 Å². The van der Waals surface area contributed by atoms with Gasteiger partial charge < -0.3 is 10.4 Å². The number of nitrogens with one attached hydrogen (secondary N) is 1. The number of aliphatic hydroxyl groups excluding tert-OH is 1. The maximum atomic E-state index is 10.9. The van der Waals surface area contributed by atoms with E-state index < -0.39 is 11.0 Å². The Morgan fingerprint density at radius 1 is 1.71 bits per heavy atom. The van der Waals surface area contributed by atoms with Gasteiger partial charge >= 0.3 is 0 Å². The van der Waals surface area contributed by atoms with Crippen molar-refractivity contribution in [1.29, 1.82) is 0 Å². The predicted octanol–water partition coefficient (Wildman–Crippen LogP) is 1.54. The van der Waals surface area contributed by atoms with Crippen LogP contribution < -0.4 is 5.32 Å². The Hall–Kier alpha value is -1.05. The molecule has 0 radical (unpaired) electrons. The van der Waals surface area contributed by atoms with Crippen molar-refractivity contribution in [3.8, 4) is 0 Å². The standard InChI is InChI=1S/C10H12BrN3O3/c11-6-4-8(14(16)17)9(13-5-6)10(15)7-2-1-3-12-7/h4-5,7,10,12,15H,1-3H2. The molecule has 1 fully saturated rings. The minimum Gasteiger partial charge on any atom is -0.385 e. The SMILES string of the molecule is O=[N+]([O-])c1cc(Br)cnc1C(O)C1CCCN1. The zero-order valence-corrected chi connectivity index (χ0v) is 10.6. The summed E-state index contributed by atoms with van der Waals surface area (Å²) in [6.07, 6.45) is 2.29. The first-order valence-corrected chi connectivity index (χ1v) is 6.10. The Kier molecular flexibility index (Phi) is 3.70. The Labute approximate surface area is 106 Å². The summed E-state index contributed by atoms with van der Waals surface area (Å²) in [7, 11) is 0. The maximum absolute atomic E-state index is 10.9. The van der Waals surface area contributed by atoms with E-state index in [2.05, 4.69) is 26.2 Å². The molecule has 2 N–H and O–H groups in total. The average molecular weight is 302 g/mol. The predicted molar refractivity (Wildman–Crippen MR) is 64.6 cm³/mol. The van der Waals surface area contributed by atoms with Gasteiger partial charge in [-0.25, -0.2) is 0 Å². The molecule has 6 nitrogen and oxygen atoms in total. The minimum atomic E-state index is -0.939. The van der Waals surface area contributed by atoms with Crippen LogP contribution in [0.1, 0.15) is 24.6 Å². The second-order valence-corrected chi connectivity index (χ2v) is 4.88. The summed E-state index contributed by atoms with van der Waals surface area (Å²) in [5.74, 6) is 0. The first-order chi connectivity index (χ1) is 8.09. The van der Waals surface area contributed by atoms with Crippen molar-refractivity contribution in [2.45, 2.75) is 25.0 Å². The number of pyridine rings is 1. The topological polar surface area (TPSA) is 88.3 Å². The smallest absolute Gasteiger partial charge is 0.294 e. The largest absolute Gasteiger partial charge is 0.385 e. The molecule has 0 amide bonds. The number of hydrogen-bond acceptors (Lipinski definition) is 5. The monoisotopic (exact) mass is 301 g/mol. The van der Waals surface area contributed by atoms with E-state index in [9.17, 15) is 15.2 Å². The molecule has 2 rings (SSSR count). The molecule has 92 valence electrons. The molecule has 0 aromatic carbocycles. The molecule has 17 heavy (non-hydrogen) atoms. The Bertz CT molecular complexity index is 435. The van der Waals surface area contributed by atoms with E-state index in [-0.39, 0.29) is 17.4 Å². The van der Waals surface area contributed by atoms with Gasteiger partial charge in [-0.3, -0.25) is 15.1 Å². The number of rotatable bonds is 3. The maximum Gasteiger partial charge on any atom is 0.294 e. The summed E-state index contributed by atoms with van der Waals surface area (Å²) in [6, 6.07) is 1.21. The van der Waals surface area contributed by atoms with Crippen LogP contribution in [0, 0.1) is 10.1 Å². The Balaban J connectivity index is 2.33. The highest BCUT2D eigenvalue weighted by molar-refractivity contribution is 9.10. The number of hydrogen-bond donors (Lipinski definition) is 2. The lowest BCUT2D eigenvalue weighted by atomic mass is 10.0. The van der Waals surface area contributed by atoms with E-state index in [1.807, 2.05) is 0 Å². The van der Waals surface area contributed by atoms with Crippen LogP contribution in [0.3, 0.4) is 0 Å². The number of aliphatic hydroxyl groups is 1. The first-order valence-electron chi connectivity index (χ1n) is 5.31. The number of aromatic nitrogens is 1. The number of halogens is 1. The number of nitrogens with zero attached hydrogens (tertiary/aromatic N) is 2. The third kappa shape index (κ3) is 2.62. The van der Waals surface area contributed by atoms with Crippen LogP contribution in [0.15, 0.2) is 16.7 Å². The third-order valence-corrected chi connectivity index (χ3v) is 3.25. The fourth-order valence-corrected chi connectivity index (χ4v) is 2.30. The van der Waals surface area contributed by atoms with Gasteiger partial charge in [-0.2, -0.15) is 0 Å². The Morgan fingerprint density at radius 3 is 3.06 bits per heavy atom. The molecule has 0 saturated carbocycles. The molecule has 0 aliphatic carbocycles. The van der Waals surface area contributed by atoms with Crippen molar-refractivity contribution in [3.05, 3.63) is 32.5 Å². The van der Waals surface area contributed by atoms with Crippen LogP contribution in [-0.2, 0) is 0 Å². The van der Waals surface area contributed by atoms with Crippen LogP contribution in [0.5, 0.6) is 0 Å². The van der Waals surface area contributed by atoms with Crippen molar-refractivity contribution in [3.63, 3.8) is 0 Å². The highest BCUT2D eigenvalue weighted by Gasteiger charge is 2.30. The van der Waals surface area contributed by atoms with Gasteiger partial charge in [0.1, 0.15) is 11.8 Å². The van der Waals surface area contributed by atoms with E-state index in [4.69, 9.17) is 0 Å². The van der Waals surface area contributed by atoms with Crippen molar-refractivity contribution in [2.24, 2.45) is 0 Å². The molecule has 1 aliphatic rings. The molecule has 0 bridgehead atoms. The van der Waals surface area contributed by atoms with E-state index >= 15 is 0 Å². The summed E-state index contributed by atoms with van der Waals surface area (Å²) in [4.78, 5) is 14.3. The van der Waals surface area contributed by atoms with E-state index in [0.29, 0.717) is 4.47 Å². The van der Waals surface area contributed by atoms with Crippen molar-refractivity contribution < 1.29 is 10.0 Å². The third-order valence-electron chi connectivity index (χ3n) is 2.82. The van der Waals surface area contributed by atoms with Crippen molar-refractivity contribution in [2.75, 3.05) is 6.54 Å². The Morgan fingerprint density at radius 2 is 2.47 bits per heavy atom. The van der Waals surface area contributed by atoms with E-state index in [1.54, 1.807) is 0 Å². The zero-order chi connectivity index (χ0) is 12.4. The quantitative estimate of drug-likeness (QED) is 0.653. The fourth-order valence-electron chi connectivity index (χ4n) is 1.98. The molecular formula is C10H12BrN3O3. The highest BCUT2D eigenvalue weighted by atomic mass is 79.9. The second-order valence-electron chi connectivity index (χ2n) is 3.96. The fraction of sp³-hybridized carbons (Fsp3) is 0.500. The molecule has 1 saturated heterocycles. The summed E-state index contributed by atoms with van der Waals surface area (Å²) < 4.78 is 0.527. The summed E-state index contributed by atoms with van der Waals surface area (Å²) in [5, 5.41) is 24.1. The van der Waals surface area contributed by atoms with E-state index in [1.165, 1.54) is 12.3 Å². The van der Waals surface area contributed by atoms with Crippen LogP contribution in [0.4, 0.5) is 5.69 Å². The summed E-state index contributed by atoms with van der Waals surface area (Å²) in [5.41, 5.74) is -0.0295. The van der Waals surface area contributed by atoms with E-state index in [0.717, 1.165) is 19.4 Å². The van der Waals surface area contributed by atoms with Crippen LogP contribution in [0.25, 0.3) is 0 Å². The molecule has 1 aromatic heterocycles. The lowest BCUT2D eigenvalue weighted by molar-refractivity contribution is -0.386. The molecular weight excluding hydrogens is 290 g/mol. The second kappa shape index (κ2) is 5.07. The molecule has 1 aliphatic heterocycles. The molecule has 2 atom stereocenters. The number of nitro groups is 1. The highest BCUT2D eigenvalue weighted by Crippen LogP contribution is 2.30. The lowest BCUT2D eigenvalue weighted by Crippen LogP contribution is -2.29. The van der Waals surface area contributed by atoms with Gasteiger partial charge in [-0.1, -0.05) is 0 Å². The van der Waals surface area contributed by atoms with Gasteiger partial charge in [-0.05, 0) is 35.3 Å². The summed E-state index contributed by atoms with van der Waals surface area (Å²) >= 11 is 3.13. The average Bonchev–Trinajstić information content (AvgIpc) is 2.81. The van der Waals surface area contributed by atoms with Crippen molar-refractivity contribution in [1.82, 2.24) is 10.3 Å². The normalized spacial score (nSPS) is 21.4. The van der Waals surface area contributed by atoms with Gasteiger partial charge in [0.2, 0.25) is 0 Å². The minimum absolute atomic E-state index is 0.123.